The smallest absolute Gasteiger partial charge is 0.285 e. The summed E-state index contributed by atoms with van der Waals surface area (Å²) < 4.78 is 35.3. The zero-order chi connectivity index (χ0) is 10.6. The van der Waals surface area contributed by atoms with E-state index < -0.39 is 12.0 Å². The van der Waals surface area contributed by atoms with Crippen molar-refractivity contribution in [2.75, 3.05) is 0 Å². The van der Waals surface area contributed by atoms with Gasteiger partial charge in [-0.05, 0) is 11.6 Å². The molecule has 0 aromatic heterocycles. The minimum atomic E-state index is -4.79. The van der Waals surface area contributed by atoms with Gasteiger partial charge < -0.3 is 0 Å². The molecule has 0 aliphatic rings. The molecule has 1 aromatic rings. The fraction of sp³-hybridized carbons (Fsp3) is 0.100. The molecule has 0 saturated carbocycles. The Labute approximate surface area is 78.9 Å². The fourth-order valence-corrected chi connectivity index (χ4v) is 0.831. The Morgan fingerprint density at radius 1 is 1.14 bits per heavy atom. The number of ketones is 1. The molecule has 1 rings (SSSR count). The Morgan fingerprint density at radius 3 is 2.21 bits per heavy atom. The van der Waals surface area contributed by atoms with E-state index in [1.807, 2.05) is 0 Å². The van der Waals surface area contributed by atoms with Crippen LogP contribution >= 0.6 is 0 Å². The second-order valence-corrected chi connectivity index (χ2v) is 2.61. The average Bonchev–Trinajstić information content (AvgIpc) is 2.14. The summed E-state index contributed by atoms with van der Waals surface area (Å²) in [5.41, 5.74) is 0.560. The van der Waals surface area contributed by atoms with Crippen LogP contribution in [0.3, 0.4) is 0 Å². The van der Waals surface area contributed by atoms with E-state index in [1.165, 1.54) is 0 Å². The number of allylic oxidation sites excluding steroid dienone is 1. The maximum atomic E-state index is 11.8. The van der Waals surface area contributed by atoms with Gasteiger partial charge in [-0.25, -0.2) is 0 Å². The standard InChI is InChI=1S/C10H7F3O/c11-10(12,13)9(14)7-6-8-4-2-1-3-5-8/h1-7H/b7-6+. The Balaban J connectivity index is 2.71. The van der Waals surface area contributed by atoms with Gasteiger partial charge in [-0.2, -0.15) is 13.2 Å². The lowest BCUT2D eigenvalue weighted by Gasteiger charge is -1.98. The van der Waals surface area contributed by atoms with Crippen LogP contribution in [0, 0.1) is 0 Å². The van der Waals surface area contributed by atoms with Crippen molar-refractivity contribution in [2.24, 2.45) is 0 Å². The van der Waals surface area contributed by atoms with Crippen LogP contribution in [0.1, 0.15) is 5.56 Å². The van der Waals surface area contributed by atoms with E-state index in [4.69, 9.17) is 0 Å². The summed E-state index contributed by atoms with van der Waals surface area (Å²) in [6, 6.07) is 8.32. The molecule has 0 fully saturated rings. The SMILES string of the molecule is O=C(/C=C/c1ccccc1)C(F)(F)F. The van der Waals surface area contributed by atoms with Gasteiger partial charge in [-0.15, -0.1) is 0 Å². The zero-order valence-electron chi connectivity index (χ0n) is 7.08. The number of halogens is 3. The molecule has 0 unspecified atom stereocenters. The molecule has 1 aromatic carbocycles. The van der Waals surface area contributed by atoms with Gasteiger partial charge in [0.25, 0.3) is 5.78 Å². The van der Waals surface area contributed by atoms with Gasteiger partial charge >= 0.3 is 6.18 Å². The summed E-state index contributed by atoms with van der Waals surface area (Å²) in [6.07, 6.45) is -3.13. The van der Waals surface area contributed by atoms with Crippen molar-refractivity contribution in [1.82, 2.24) is 0 Å². The van der Waals surface area contributed by atoms with E-state index in [0.717, 1.165) is 6.08 Å². The highest BCUT2D eigenvalue weighted by molar-refractivity contribution is 5.97. The van der Waals surface area contributed by atoms with Gasteiger partial charge in [-0.3, -0.25) is 4.79 Å². The molecule has 4 heteroatoms. The molecule has 0 amide bonds. The molecule has 1 nitrogen and oxygen atoms in total. The van der Waals surface area contributed by atoms with Crippen LogP contribution in [0.2, 0.25) is 0 Å². The second kappa shape index (κ2) is 4.09. The Hall–Kier alpha value is -1.58. The van der Waals surface area contributed by atoms with Crippen LogP contribution in [0.4, 0.5) is 13.2 Å². The number of hydrogen-bond acceptors (Lipinski definition) is 1. The van der Waals surface area contributed by atoms with Crippen LogP contribution in [0.5, 0.6) is 0 Å². The Bertz CT molecular complexity index is 338. The van der Waals surface area contributed by atoms with Crippen molar-refractivity contribution >= 4 is 11.9 Å². The van der Waals surface area contributed by atoms with E-state index in [0.29, 0.717) is 11.6 Å². The fourth-order valence-electron chi connectivity index (χ4n) is 0.831. The largest absolute Gasteiger partial charge is 0.454 e. The molecule has 0 bridgehead atoms. The molecular formula is C10H7F3O. The molecular weight excluding hydrogens is 193 g/mol. The first-order valence-electron chi connectivity index (χ1n) is 3.84. The van der Waals surface area contributed by atoms with Crippen molar-refractivity contribution in [3.8, 4) is 0 Å². The van der Waals surface area contributed by atoms with E-state index in [1.54, 1.807) is 30.3 Å². The van der Waals surface area contributed by atoms with Crippen LogP contribution in [0.15, 0.2) is 36.4 Å². The van der Waals surface area contributed by atoms with Gasteiger partial charge in [0.1, 0.15) is 0 Å². The van der Waals surface area contributed by atoms with Crippen LogP contribution in [0.25, 0.3) is 6.08 Å². The molecule has 0 aliphatic carbocycles. The van der Waals surface area contributed by atoms with Gasteiger partial charge in [0.2, 0.25) is 0 Å². The summed E-state index contributed by atoms with van der Waals surface area (Å²) in [5.74, 6) is -1.85. The predicted octanol–water partition coefficient (Wildman–Crippen LogP) is 2.83. The monoisotopic (exact) mass is 200 g/mol. The molecule has 0 heterocycles. The number of carbonyl (C=O) groups is 1. The van der Waals surface area contributed by atoms with Crippen LogP contribution in [-0.2, 0) is 4.79 Å². The molecule has 14 heavy (non-hydrogen) atoms. The Morgan fingerprint density at radius 2 is 1.71 bits per heavy atom. The normalized spacial score (nSPS) is 11.9. The van der Waals surface area contributed by atoms with Crippen molar-refractivity contribution in [1.29, 1.82) is 0 Å². The predicted molar refractivity (Wildman–Crippen MR) is 46.5 cm³/mol. The summed E-state index contributed by atoms with van der Waals surface area (Å²) >= 11 is 0. The highest BCUT2D eigenvalue weighted by Crippen LogP contribution is 2.17. The quantitative estimate of drug-likeness (QED) is 0.671. The molecule has 0 atom stereocenters. The highest BCUT2D eigenvalue weighted by atomic mass is 19.4. The van der Waals surface area contributed by atoms with Crippen molar-refractivity contribution < 1.29 is 18.0 Å². The van der Waals surface area contributed by atoms with Crippen molar-refractivity contribution in [3.63, 3.8) is 0 Å². The second-order valence-electron chi connectivity index (χ2n) is 2.61. The lowest BCUT2D eigenvalue weighted by Crippen LogP contribution is -2.19. The Kier molecular flexibility index (Phi) is 3.06. The average molecular weight is 200 g/mol. The van der Waals surface area contributed by atoms with Crippen LogP contribution in [-0.4, -0.2) is 12.0 Å². The van der Waals surface area contributed by atoms with Crippen LogP contribution < -0.4 is 0 Å². The number of alkyl halides is 3. The summed E-state index contributed by atoms with van der Waals surface area (Å²) in [5, 5.41) is 0. The number of hydrogen-bond donors (Lipinski definition) is 0. The lowest BCUT2D eigenvalue weighted by atomic mass is 10.2. The van der Waals surface area contributed by atoms with Gasteiger partial charge in [0.05, 0.1) is 0 Å². The van der Waals surface area contributed by atoms with E-state index >= 15 is 0 Å². The molecule has 0 N–H and O–H groups in total. The van der Waals surface area contributed by atoms with E-state index in [2.05, 4.69) is 0 Å². The summed E-state index contributed by atoms with van der Waals surface area (Å²) in [7, 11) is 0. The molecule has 74 valence electrons. The summed E-state index contributed by atoms with van der Waals surface area (Å²) in [4.78, 5) is 10.4. The zero-order valence-corrected chi connectivity index (χ0v) is 7.08. The van der Waals surface area contributed by atoms with Gasteiger partial charge in [-0.1, -0.05) is 36.4 Å². The number of rotatable bonds is 2. The van der Waals surface area contributed by atoms with Gasteiger partial charge in [0, 0.05) is 0 Å². The maximum absolute atomic E-state index is 11.8. The first-order valence-corrected chi connectivity index (χ1v) is 3.84. The molecule has 0 radical (unpaired) electrons. The minimum absolute atomic E-state index is 0.523. The first kappa shape index (κ1) is 10.5. The minimum Gasteiger partial charge on any atom is -0.285 e. The van der Waals surface area contributed by atoms with Crippen molar-refractivity contribution in [3.05, 3.63) is 42.0 Å². The van der Waals surface area contributed by atoms with E-state index in [9.17, 15) is 18.0 Å². The molecule has 0 aliphatic heterocycles. The third-order valence-corrected chi connectivity index (χ3v) is 1.51. The number of carbonyl (C=O) groups excluding carboxylic acids is 1. The summed E-state index contributed by atoms with van der Waals surface area (Å²) in [6.45, 7) is 0. The topological polar surface area (TPSA) is 17.1 Å². The van der Waals surface area contributed by atoms with Gasteiger partial charge in [0.15, 0.2) is 0 Å². The third kappa shape index (κ3) is 3.05. The number of benzene rings is 1. The lowest BCUT2D eigenvalue weighted by molar-refractivity contribution is -0.165. The maximum Gasteiger partial charge on any atom is 0.454 e. The first-order chi connectivity index (χ1) is 6.50. The van der Waals surface area contributed by atoms with Crippen molar-refractivity contribution in [2.45, 2.75) is 6.18 Å². The highest BCUT2D eigenvalue weighted by Gasteiger charge is 2.35. The molecule has 0 spiro atoms. The third-order valence-electron chi connectivity index (χ3n) is 1.51. The molecule has 0 saturated heterocycles. The van der Waals surface area contributed by atoms with E-state index in [-0.39, 0.29) is 0 Å².